The van der Waals surface area contributed by atoms with Crippen molar-refractivity contribution >= 4 is 5.91 Å². The van der Waals surface area contributed by atoms with Crippen molar-refractivity contribution in [1.82, 2.24) is 9.80 Å². The molecule has 0 bridgehead atoms. The molecule has 4 heteroatoms. The maximum atomic E-state index is 13.8. The maximum Gasteiger partial charge on any atom is 0.253 e. The van der Waals surface area contributed by atoms with Crippen LogP contribution in [0.5, 0.6) is 0 Å². The van der Waals surface area contributed by atoms with Gasteiger partial charge in [-0.15, -0.1) is 0 Å². The van der Waals surface area contributed by atoms with Crippen molar-refractivity contribution in [1.29, 1.82) is 0 Å². The highest BCUT2D eigenvalue weighted by Crippen LogP contribution is 2.23. The summed E-state index contributed by atoms with van der Waals surface area (Å²) < 4.78 is 13.8. The van der Waals surface area contributed by atoms with Crippen LogP contribution in [0.3, 0.4) is 0 Å². The first kappa shape index (κ1) is 16.3. The van der Waals surface area contributed by atoms with Crippen LogP contribution < -0.4 is 0 Å². The monoisotopic (exact) mass is 338 g/mol. The second-order valence-corrected chi connectivity index (χ2v) is 7.00. The summed E-state index contributed by atoms with van der Waals surface area (Å²) >= 11 is 0. The minimum absolute atomic E-state index is 0.125. The van der Waals surface area contributed by atoms with E-state index in [0.29, 0.717) is 19.6 Å². The number of halogens is 1. The molecule has 1 saturated heterocycles. The van der Waals surface area contributed by atoms with Crippen molar-refractivity contribution in [2.45, 2.75) is 25.8 Å². The van der Waals surface area contributed by atoms with E-state index in [0.717, 1.165) is 37.1 Å². The van der Waals surface area contributed by atoms with Crippen molar-refractivity contribution in [2.75, 3.05) is 26.2 Å². The van der Waals surface area contributed by atoms with Crippen LogP contribution in [0.4, 0.5) is 4.39 Å². The first-order valence-electron chi connectivity index (χ1n) is 9.07. The minimum atomic E-state index is -0.154. The largest absolute Gasteiger partial charge is 0.336 e. The lowest BCUT2D eigenvalue weighted by atomic mass is 10.1. The Labute approximate surface area is 148 Å². The number of carbonyl (C=O) groups excluding carboxylic acids is 1. The van der Waals surface area contributed by atoms with Crippen molar-refractivity contribution < 1.29 is 9.18 Å². The molecule has 0 saturated carbocycles. The lowest BCUT2D eigenvalue weighted by Gasteiger charge is -2.35. The van der Waals surface area contributed by atoms with E-state index >= 15 is 0 Å². The number of hydrogen-bond acceptors (Lipinski definition) is 2. The number of piperazine rings is 1. The van der Waals surface area contributed by atoms with Crippen molar-refractivity contribution in [2.24, 2.45) is 0 Å². The average molecular weight is 338 g/mol. The Kier molecular flexibility index (Phi) is 4.53. The Morgan fingerprint density at radius 3 is 2.52 bits per heavy atom. The van der Waals surface area contributed by atoms with Gasteiger partial charge < -0.3 is 4.90 Å². The van der Waals surface area contributed by atoms with Gasteiger partial charge in [0.15, 0.2) is 0 Å². The van der Waals surface area contributed by atoms with Crippen LogP contribution in [0, 0.1) is 5.82 Å². The molecular weight excluding hydrogens is 315 g/mol. The molecule has 25 heavy (non-hydrogen) atoms. The number of benzene rings is 2. The summed E-state index contributed by atoms with van der Waals surface area (Å²) in [4.78, 5) is 16.9. The first-order chi connectivity index (χ1) is 12.2. The number of hydrogen-bond donors (Lipinski definition) is 0. The number of amides is 1. The summed E-state index contributed by atoms with van der Waals surface area (Å²) in [5, 5.41) is 0. The third kappa shape index (κ3) is 3.45. The van der Waals surface area contributed by atoms with E-state index in [1.54, 1.807) is 6.07 Å². The van der Waals surface area contributed by atoms with E-state index in [4.69, 9.17) is 0 Å². The standard InChI is InChI=1S/C21H23FN2O/c22-20-7-2-1-4-19(20)15-23-10-12-24(13-11-23)21(25)18-9-8-16-5-3-6-17(16)14-18/h1-2,4,7-9,14H,3,5-6,10-13,15H2. The van der Waals surface area contributed by atoms with Gasteiger partial charge in [0.05, 0.1) is 0 Å². The molecule has 2 aromatic rings. The van der Waals surface area contributed by atoms with E-state index in [-0.39, 0.29) is 11.7 Å². The molecule has 0 atom stereocenters. The Morgan fingerprint density at radius 2 is 1.72 bits per heavy atom. The summed E-state index contributed by atoms with van der Waals surface area (Å²) in [7, 11) is 0. The van der Waals surface area contributed by atoms with Crippen LogP contribution >= 0.6 is 0 Å². The highest BCUT2D eigenvalue weighted by atomic mass is 19.1. The zero-order chi connectivity index (χ0) is 17.2. The summed E-state index contributed by atoms with van der Waals surface area (Å²) in [6, 6.07) is 13.1. The molecule has 3 nitrogen and oxygen atoms in total. The third-order valence-electron chi connectivity index (χ3n) is 5.36. The number of carbonyl (C=O) groups is 1. The fourth-order valence-corrected chi connectivity index (χ4v) is 3.86. The van der Waals surface area contributed by atoms with E-state index in [1.807, 2.05) is 23.1 Å². The molecule has 2 aliphatic rings. The van der Waals surface area contributed by atoms with Gasteiger partial charge in [-0.3, -0.25) is 9.69 Å². The van der Waals surface area contributed by atoms with Crippen LogP contribution in [0.25, 0.3) is 0 Å². The lowest BCUT2D eigenvalue weighted by Crippen LogP contribution is -2.48. The second kappa shape index (κ2) is 6.96. The van der Waals surface area contributed by atoms with Gasteiger partial charge in [0, 0.05) is 43.9 Å². The van der Waals surface area contributed by atoms with Crippen molar-refractivity contribution in [3.63, 3.8) is 0 Å². The molecule has 1 heterocycles. The molecule has 0 unspecified atom stereocenters. The predicted octanol–water partition coefficient (Wildman–Crippen LogP) is 3.27. The van der Waals surface area contributed by atoms with Crippen LogP contribution in [-0.2, 0) is 19.4 Å². The molecule has 1 amide bonds. The van der Waals surface area contributed by atoms with Crippen LogP contribution in [0.2, 0.25) is 0 Å². The summed E-state index contributed by atoms with van der Waals surface area (Å²) in [6.45, 7) is 3.57. The number of aryl methyl sites for hydroxylation is 2. The van der Waals surface area contributed by atoms with Crippen molar-refractivity contribution in [3.05, 3.63) is 70.5 Å². The Hall–Kier alpha value is -2.20. The molecule has 0 radical (unpaired) electrons. The molecule has 4 rings (SSSR count). The topological polar surface area (TPSA) is 23.6 Å². The van der Waals surface area contributed by atoms with Gasteiger partial charge in [-0.1, -0.05) is 24.3 Å². The molecular formula is C21H23FN2O. The molecule has 130 valence electrons. The molecule has 0 spiro atoms. The zero-order valence-corrected chi connectivity index (χ0v) is 14.4. The fourth-order valence-electron chi connectivity index (χ4n) is 3.86. The van der Waals surface area contributed by atoms with Gasteiger partial charge in [0.1, 0.15) is 5.82 Å². The van der Waals surface area contributed by atoms with E-state index in [9.17, 15) is 9.18 Å². The predicted molar refractivity (Wildman–Crippen MR) is 96.0 cm³/mol. The first-order valence-corrected chi connectivity index (χ1v) is 9.07. The summed E-state index contributed by atoms with van der Waals surface area (Å²) in [5.41, 5.74) is 4.26. The van der Waals surface area contributed by atoms with Crippen LogP contribution in [0.15, 0.2) is 42.5 Å². The molecule has 0 aromatic heterocycles. The highest BCUT2D eigenvalue weighted by Gasteiger charge is 2.23. The van der Waals surface area contributed by atoms with E-state index in [1.165, 1.54) is 23.6 Å². The normalized spacial score (nSPS) is 17.6. The molecule has 1 aliphatic heterocycles. The van der Waals surface area contributed by atoms with Crippen LogP contribution in [0.1, 0.15) is 33.5 Å². The number of fused-ring (bicyclic) bond motifs is 1. The summed E-state index contributed by atoms with van der Waals surface area (Å²) in [6.07, 6.45) is 3.42. The smallest absolute Gasteiger partial charge is 0.253 e. The Balaban J connectivity index is 1.37. The van der Waals surface area contributed by atoms with Gasteiger partial charge in [-0.05, 0) is 48.6 Å². The second-order valence-electron chi connectivity index (χ2n) is 7.00. The zero-order valence-electron chi connectivity index (χ0n) is 14.4. The highest BCUT2D eigenvalue weighted by molar-refractivity contribution is 5.94. The van der Waals surface area contributed by atoms with Gasteiger partial charge >= 0.3 is 0 Å². The Bertz CT molecular complexity index is 781. The van der Waals surface area contributed by atoms with Gasteiger partial charge in [-0.25, -0.2) is 4.39 Å². The SMILES string of the molecule is O=C(c1ccc2c(c1)CCC2)N1CCN(Cc2ccccc2F)CC1. The maximum absolute atomic E-state index is 13.8. The number of nitrogens with zero attached hydrogens (tertiary/aromatic N) is 2. The average Bonchev–Trinajstić information content (AvgIpc) is 3.11. The van der Waals surface area contributed by atoms with Crippen molar-refractivity contribution in [3.8, 4) is 0 Å². The number of rotatable bonds is 3. The lowest BCUT2D eigenvalue weighted by molar-refractivity contribution is 0.0627. The van der Waals surface area contributed by atoms with Gasteiger partial charge in [-0.2, -0.15) is 0 Å². The third-order valence-corrected chi connectivity index (χ3v) is 5.36. The van der Waals surface area contributed by atoms with Gasteiger partial charge in [0.25, 0.3) is 5.91 Å². The van der Waals surface area contributed by atoms with E-state index in [2.05, 4.69) is 17.0 Å². The Morgan fingerprint density at radius 1 is 0.960 bits per heavy atom. The molecule has 2 aromatic carbocycles. The molecule has 1 aliphatic carbocycles. The van der Waals surface area contributed by atoms with E-state index < -0.39 is 0 Å². The van der Waals surface area contributed by atoms with Crippen LogP contribution in [-0.4, -0.2) is 41.9 Å². The fraction of sp³-hybridized carbons (Fsp3) is 0.381. The quantitative estimate of drug-likeness (QED) is 0.857. The molecule has 1 fully saturated rings. The summed E-state index contributed by atoms with van der Waals surface area (Å²) in [5.74, 6) is -0.0283. The minimum Gasteiger partial charge on any atom is -0.336 e. The van der Waals surface area contributed by atoms with Gasteiger partial charge in [0.2, 0.25) is 0 Å². The molecule has 0 N–H and O–H groups in total.